The van der Waals surface area contributed by atoms with E-state index in [-0.39, 0.29) is 12.1 Å². The van der Waals surface area contributed by atoms with E-state index in [9.17, 15) is 13.6 Å². The molecule has 82 valence electrons. The predicted molar refractivity (Wildman–Crippen MR) is 53.5 cm³/mol. The Bertz CT molecular complexity index is 388. The van der Waals surface area contributed by atoms with Crippen molar-refractivity contribution in [3.63, 3.8) is 0 Å². The van der Waals surface area contributed by atoms with Gasteiger partial charge >= 0.3 is 0 Å². The van der Waals surface area contributed by atoms with Crippen molar-refractivity contribution >= 4 is 5.78 Å². The van der Waals surface area contributed by atoms with Gasteiger partial charge in [-0.25, -0.2) is 8.78 Å². The van der Waals surface area contributed by atoms with Gasteiger partial charge in [0, 0.05) is 18.0 Å². The number of carbonyl (C=O) groups excluding carboxylic acids is 1. The number of carbonyl (C=O) groups is 1. The highest BCUT2D eigenvalue weighted by Crippen LogP contribution is 2.22. The predicted octanol–water partition coefficient (Wildman–Crippen LogP) is 2.13. The highest BCUT2D eigenvalue weighted by molar-refractivity contribution is 6.00. The second-order valence-electron chi connectivity index (χ2n) is 4.04. The summed E-state index contributed by atoms with van der Waals surface area (Å²) in [6, 6.07) is 2.90. The first-order valence-corrected chi connectivity index (χ1v) is 4.58. The van der Waals surface area contributed by atoms with Gasteiger partial charge < -0.3 is 5.73 Å². The van der Waals surface area contributed by atoms with E-state index in [0.29, 0.717) is 6.07 Å². The Morgan fingerprint density at radius 3 is 2.47 bits per heavy atom. The van der Waals surface area contributed by atoms with Crippen molar-refractivity contribution < 1.29 is 13.6 Å². The molecule has 0 aliphatic heterocycles. The number of halogens is 2. The first-order chi connectivity index (χ1) is 6.88. The summed E-state index contributed by atoms with van der Waals surface area (Å²) >= 11 is 0. The minimum Gasteiger partial charge on any atom is -0.329 e. The molecule has 0 saturated carbocycles. The number of ketones is 1. The molecular weight excluding hydrogens is 200 g/mol. The number of benzene rings is 1. The largest absolute Gasteiger partial charge is 0.329 e. The van der Waals surface area contributed by atoms with E-state index >= 15 is 0 Å². The van der Waals surface area contributed by atoms with Crippen LogP contribution in [-0.4, -0.2) is 12.3 Å². The van der Waals surface area contributed by atoms with Crippen molar-refractivity contribution in [1.29, 1.82) is 0 Å². The quantitative estimate of drug-likeness (QED) is 0.781. The Kier molecular flexibility index (Phi) is 3.19. The van der Waals surface area contributed by atoms with Crippen molar-refractivity contribution in [1.82, 2.24) is 0 Å². The van der Waals surface area contributed by atoms with Crippen LogP contribution >= 0.6 is 0 Å². The van der Waals surface area contributed by atoms with Crippen LogP contribution in [-0.2, 0) is 0 Å². The molecule has 0 heterocycles. The van der Waals surface area contributed by atoms with Crippen LogP contribution < -0.4 is 5.73 Å². The van der Waals surface area contributed by atoms with Crippen molar-refractivity contribution in [3.05, 3.63) is 35.4 Å². The zero-order valence-electron chi connectivity index (χ0n) is 8.68. The second-order valence-corrected chi connectivity index (χ2v) is 4.04. The Morgan fingerprint density at radius 2 is 2.00 bits per heavy atom. The van der Waals surface area contributed by atoms with Crippen LogP contribution in [0.3, 0.4) is 0 Å². The molecule has 1 rings (SSSR count). The summed E-state index contributed by atoms with van der Waals surface area (Å²) in [5.41, 5.74) is 4.45. The minimum atomic E-state index is -0.846. The highest BCUT2D eigenvalue weighted by atomic mass is 19.1. The van der Waals surface area contributed by atoms with Gasteiger partial charge in [0.05, 0.1) is 5.56 Å². The molecule has 0 radical (unpaired) electrons. The molecule has 0 aromatic heterocycles. The molecule has 0 saturated heterocycles. The van der Waals surface area contributed by atoms with Crippen molar-refractivity contribution in [2.24, 2.45) is 11.1 Å². The van der Waals surface area contributed by atoms with E-state index in [4.69, 9.17) is 5.73 Å². The van der Waals surface area contributed by atoms with E-state index in [1.807, 2.05) is 0 Å². The molecule has 1 aromatic rings. The zero-order valence-corrected chi connectivity index (χ0v) is 8.68. The summed E-state index contributed by atoms with van der Waals surface area (Å²) < 4.78 is 25.9. The Hall–Kier alpha value is -1.29. The highest BCUT2D eigenvalue weighted by Gasteiger charge is 2.29. The molecule has 0 amide bonds. The van der Waals surface area contributed by atoms with Gasteiger partial charge in [-0.05, 0) is 12.1 Å². The number of Topliss-reactive ketones (excluding diaryl/α,β-unsaturated/α-hetero) is 1. The molecule has 0 atom stereocenters. The average molecular weight is 213 g/mol. The van der Waals surface area contributed by atoms with Gasteiger partial charge in [0.1, 0.15) is 11.6 Å². The average Bonchev–Trinajstić information content (AvgIpc) is 2.17. The fourth-order valence-corrected chi connectivity index (χ4v) is 1.13. The van der Waals surface area contributed by atoms with Gasteiger partial charge in [0.15, 0.2) is 5.78 Å². The van der Waals surface area contributed by atoms with E-state index in [0.717, 1.165) is 12.1 Å². The maximum atomic E-state index is 13.3. The molecule has 2 N–H and O–H groups in total. The molecule has 0 bridgehead atoms. The molecule has 15 heavy (non-hydrogen) atoms. The minimum absolute atomic E-state index is 0.114. The topological polar surface area (TPSA) is 43.1 Å². The zero-order chi connectivity index (χ0) is 11.6. The van der Waals surface area contributed by atoms with Crippen LogP contribution in [0.2, 0.25) is 0 Å². The lowest BCUT2D eigenvalue weighted by molar-refractivity contribution is 0.0843. The van der Waals surface area contributed by atoms with Gasteiger partial charge in [-0.15, -0.1) is 0 Å². The normalized spacial score (nSPS) is 11.5. The summed E-state index contributed by atoms with van der Waals surface area (Å²) in [4.78, 5) is 11.8. The Labute approximate surface area is 87.1 Å². The molecule has 4 heteroatoms. The molecule has 2 nitrogen and oxygen atoms in total. The van der Waals surface area contributed by atoms with Crippen LogP contribution in [0, 0.1) is 17.0 Å². The lowest BCUT2D eigenvalue weighted by Gasteiger charge is -2.20. The third kappa shape index (κ3) is 2.39. The molecule has 0 unspecified atom stereocenters. The molecule has 0 aliphatic rings. The van der Waals surface area contributed by atoms with Gasteiger partial charge in [-0.3, -0.25) is 4.79 Å². The van der Waals surface area contributed by atoms with Crippen LogP contribution in [0.5, 0.6) is 0 Å². The first-order valence-electron chi connectivity index (χ1n) is 4.58. The summed E-state index contributed by atoms with van der Waals surface area (Å²) in [6.07, 6.45) is 0. The maximum absolute atomic E-state index is 13.3. The van der Waals surface area contributed by atoms with Gasteiger partial charge in [0.2, 0.25) is 0 Å². The number of hydrogen-bond donors (Lipinski definition) is 1. The molecule has 0 aliphatic carbocycles. The van der Waals surface area contributed by atoms with Gasteiger partial charge in [-0.2, -0.15) is 0 Å². The first kappa shape index (κ1) is 11.8. The number of rotatable bonds is 3. The smallest absolute Gasteiger partial charge is 0.172 e. The van der Waals surface area contributed by atoms with Crippen molar-refractivity contribution in [2.45, 2.75) is 13.8 Å². The lowest BCUT2D eigenvalue weighted by atomic mass is 9.84. The van der Waals surface area contributed by atoms with E-state index in [1.165, 1.54) is 0 Å². The molecule has 0 fully saturated rings. The summed E-state index contributed by atoms with van der Waals surface area (Å²) in [5, 5.41) is 0. The SMILES string of the molecule is CC(C)(CN)C(=O)c1ccc(F)cc1F. The Morgan fingerprint density at radius 1 is 1.40 bits per heavy atom. The second kappa shape index (κ2) is 4.06. The monoisotopic (exact) mass is 213 g/mol. The summed E-state index contributed by atoms with van der Waals surface area (Å²) in [6.45, 7) is 3.36. The third-order valence-electron chi connectivity index (χ3n) is 2.30. The standard InChI is InChI=1S/C11H13F2NO/c1-11(2,6-14)10(15)8-4-3-7(12)5-9(8)13/h3-5H,6,14H2,1-2H3. The molecular formula is C11H13F2NO. The number of nitrogens with two attached hydrogens (primary N) is 1. The van der Waals surface area contributed by atoms with Gasteiger partial charge in [-0.1, -0.05) is 13.8 Å². The van der Waals surface area contributed by atoms with E-state index in [2.05, 4.69) is 0 Å². The Balaban J connectivity index is 3.12. The lowest BCUT2D eigenvalue weighted by Crippen LogP contribution is -2.33. The van der Waals surface area contributed by atoms with Gasteiger partial charge in [0.25, 0.3) is 0 Å². The summed E-state index contributed by atoms with van der Waals surface area (Å²) in [5.74, 6) is -1.96. The van der Waals surface area contributed by atoms with Crippen LogP contribution in [0.15, 0.2) is 18.2 Å². The third-order valence-corrected chi connectivity index (χ3v) is 2.30. The summed E-state index contributed by atoms with van der Waals surface area (Å²) in [7, 11) is 0. The fourth-order valence-electron chi connectivity index (χ4n) is 1.13. The van der Waals surface area contributed by atoms with Crippen LogP contribution in [0.4, 0.5) is 8.78 Å². The maximum Gasteiger partial charge on any atom is 0.172 e. The fraction of sp³-hybridized carbons (Fsp3) is 0.364. The van der Waals surface area contributed by atoms with E-state index in [1.54, 1.807) is 13.8 Å². The van der Waals surface area contributed by atoms with Crippen LogP contribution in [0.25, 0.3) is 0 Å². The van der Waals surface area contributed by atoms with Crippen molar-refractivity contribution in [3.8, 4) is 0 Å². The molecule has 0 spiro atoms. The van der Waals surface area contributed by atoms with Crippen LogP contribution in [0.1, 0.15) is 24.2 Å². The number of hydrogen-bond acceptors (Lipinski definition) is 2. The van der Waals surface area contributed by atoms with Crippen molar-refractivity contribution in [2.75, 3.05) is 6.54 Å². The molecule has 1 aromatic carbocycles. The van der Waals surface area contributed by atoms with E-state index < -0.39 is 22.8 Å².